The van der Waals surface area contributed by atoms with Gasteiger partial charge in [0.1, 0.15) is 17.3 Å². The number of anilines is 1. The van der Waals surface area contributed by atoms with Crippen LogP contribution in [0.4, 0.5) is 5.69 Å². The third-order valence-corrected chi connectivity index (χ3v) is 6.61. The Morgan fingerprint density at radius 2 is 1.66 bits per heavy atom. The summed E-state index contributed by atoms with van der Waals surface area (Å²) in [5.41, 5.74) is 2.14. The van der Waals surface area contributed by atoms with Gasteiger partial charge in [-0.1, -0.05) is 35.9 Å². The molecular weight excluding hydrogens is 510 g/mol. The van der Waals surface area contributed by atoms with E-state index < -0.39 is 29.5 Å². The number of carbonyl (C=O) groups excluding carboxylic acids is 3. The van der Waals surface area contributed by atoms with E-state index in [9.17, 15) is 19.5 Å². The van der Waals surface area contributed by atoms with E-state index in [0.29, 0.717) is 16.8 Å². The van der Waals surface area contributed by atoms with E-state index in [1.807, 2.05) is 19.1 Å². The van der Waals surface area contributed by atoms with Gasteiger partial charge in [0.05, 0.1) is 48.6 Å². The van der Waals surface area contributed by atoms with Gasteiger partial charge in [0, 0.05) is 11.8 Å². The summed E-state index contributed by atoms with van der Waals surface area (Å²) in [7, 11) is 2.82. The van der Waals surface area contributed by atoms with Crippen LogP contribution in [-0.2, 0) is 14.3 Å². The Morgan fingerprint density at radius 1 is 1.00 bits per heavy atom. The second-order valence-corrected chi connectivity index (χ2v) is 8.89. The van der Waals surface area contributed by atoms with Crippen molar-refractivity contribution in [3.05, 3.63) is 93.5 Å². The number of nitrogens with zero attached hydrogens (tertiary/aromatic N) is 1. The van der Waals surface area contributed by atoms with Gasteiger partial charge in [-0.2, -0.15) is 0 Å². The van der Waals surface area contributed by atoms with Crippen molar-refractivity contribution in [2.75, 3.05) is 25.7 Å². The number of ether oxygens (including phenoxy) is 3. The highest BCUT2D eigenvalue weighted by molar-refractivity contribution is 6.51. The molecule has 1 N–H and O–H groups in total. The lowest BCUT2D eigenvalue weighted by atomic mass is 9.92. The number of benzene rings is 3. The number of carbonyl (C=O) groups is 3. The first kappa shape index (κ1) is 26.8. The molecule has 0 bridgehead atoms. The predicted molar refractivity (Wildman–Crippen MR) is 143 cm³/mol. The largest absolute Gasteiger partial charge is 0.507 e. The number of rotatable bonds is 7. The van der Waals surface area contributed by atoms with Crippen molar-refractivity contribution in [2.45, 2.75) is 19.9 Å². The molecule has 196 valence electrons. The standard InChI is InChI=1S/C29H26ClNO7/c1-5-38-29(35)17-10-12-18(13-11-17)31-25(19-9-7-6-8-16(19)2)24(27(33)28(31)34)26(32)20-14-23(37-4)21(30)15-22(20)36-3/h6-15,25,32H,5H2,1-4H3/b26-24+. The maximum Gasteiger partial charge on any atom is 0.338 e. The fourth-order valence-electron chi connectivity index (χ4n) is 4.45. The van der Waals surface area contributed by atoms with Crippen molar-refractivity contribution in [1.29, 1.82) is 0 Å². The van der Waals surface area contributed by atoms with E-state index in [0.717, 1.165) is 5.56 Å². The zero-order valence-corrected chi connectivity index (χ0v) is 22.0. The molecule has 3 aromatic carbocycles. The van der Waals surface area contributed by atoms with Crippen LogP contribution in [0.25, 0.3) is 5.76 Å². The predicted octanol–water partition coefficient (Wildman–Crippen LogP) is 5.47. The maximum absolute atomic E-state index is 13.5. The number of Topliss-reactive ketones (excluding diaryl/α,β-unsaturated/α-hetero) is 1. The van der Waals surface area contributed by atoms with Gasteiger partial charge in [-0.15, -0.1) is 0 Å². The highest BCUT2D eigenvalue weighted by atomic mass is 35.5. The molecular formula is C29H26ClNO7. The van der Waals surface area contributed by atoms with E-state index in [1.165, 1.54) is 43.4 Å². The van der Waals surface area contributed by atoms with Crippen molar-refractivity contribution in [3.63, 3.8) is 0 Å². The van der Waals surface area contributed by atoms with Crippen molar-refractivity contribution in [1.82, 2.24) is 0 Å². The Balaban J connectivity index is 1.94. The first-order chi connectivity index (χ1) is 18.2. The fourth-order valence-corrected chi connectivity index (χ4v) is 4.68. The van der Waals surface area contributed by atoms with Gasteiger partial charge in [0.2, 0.25) is 0 Å². The lowest BCUT2D eigenvalue weighted by Crippen LogP contribution is -2.29. The summed E-state index contributed by atoms with van der Waals surface area (Å²) in [6.45, 7) is 3.78. The molecule has 4 rings (SSSR count). The number of ketones is 1. The molecule has 1 fully saturated rings. The Morgan fingerprint density at radius 3 is 2.26 bits per heavy atom. The monoisotopic (exact) mass is 535 g/mol. The number of aliphatic hydroxyl groups excluding tert-OH is 1. The molecule has 1 aliphatic heterocycles. The quantitative estimate of drug-likeness (QED) is 0.185. The van der Waals surface area contributed by atoms with Gasteiger partial charge in [-0.05, 0) is 55.3 Å². The number of aliphatic hydroxyl groups is 1. The minimum Gasteiger partial charge on any atom is -0.507 e. The van der Waals surface area contributed by atoms with E-state index in [1.54, 1.807) is 31.2 Å². The molecule has 1 atom stereocenters. The van der Waals surface area contributed by atoms with Crippen LogP contribution in [-0.4, -0.2) is 43.6 Å². The van der Waals surface area contributed by atoms with E-state index in [2.05, 4.69) is 0 Å². The van der Waals surface area contributed by atoms with E-state index >= 15 is 0 Å². The van der Waals surface area contributed by atoms with Crippen molar-refractivity contribution < 1.29 is 33.7 Å². The summed E-state index contributed by atoms with van der Waals surface area (Å²) in [5.74, 6) is -2.19. The van der Waals surface area contributed by atoms with Crippen LogP contribution in [0, 0.1) is 6.92 Å². The second-order valence-electron chi connectivity index (χ2n) is 8.48. The number of methoxy groups -OCH3 is 2. The normalized spacial score (nSPS) is 16.4. The van der Waals surface area contributed by atoms with Crippen LogP contribution >= 0.6 is 11.6 Å². The molecule has 38 heavy (non-hydrogen) atoms. The molecule has 1 saturated heterocycles. The summed E-state index contributed by atoms with van der Waals surface area (Å²) >= 11 is 6.23. The minimum absolute atomic E-state index is 0.124. The lowest BCUT2D eigenvalue weighted by Gasteiger charge is -2.27. The van der Waals surface area contributed by atoms with Gasteiger partial charge in [-0.3, -0.25) is 14.5 Å². The number of esters is 1. The van der Waals surface area contributed by atoms with Crippen molar-refractivity contribution in [3.8, 4) is 11.5 Å². The Labute approximate surface area is 225 Å². The van der Waals surface area contributed by atoms with Gasteiger partial charge in [0.25, 0.3) is 11.7 Å². The van der Waals surface area contributed by atoms with Crippen molar-refractivity contribution in [2.24, 2.45) is 0 Å². The average molecular weight is 536 g/mol. The molecule has 0 aliphatic carbocycles. The molecule has 0 saturated carbocycles. The SMILES string of the molecule is CCOC(=O)c1ccc(N2C(=O)C(=O)/C(=C(/O)c3cc(OC)c(Cl)cc3OC)C2c2ccccc2C)cc1. The van der Waals surface area contributed by atoms with E-state index in [-0.39, 0.29) is 34.3 Å². The Hall–Kier alpha value is -4.30. The topological polar surface area (TPSA) is 102 Å². The smallest absolute Gasteiger partial charge is 0.338 e. The maximum atomic E-state index is 13.5. The van der Waals surface area contributed by atoms with E-state index in [4.69, 9.17) is 25.8 Å². The van der Waals surface area contributed by atoms with Crippen LogP contribution in [0.3, 0.4) is 0 Å². The molecule has 1 aliphatic rings. The molecule has 0 spiro atoms. The number of amides is 1. The van der Waals surface area contributed by atoms with Crippen LogP contribution < -0.4 is 14.4 Å². The molecule has 0 radical (unpaired) electrons. The summed E-state index contributed by atoms with van der Waals surface area (Å²) in [6.07, 6.45) is 0. The molecule has 1 unspecified atom stereocenters. The highest BCUT2D eigenvalue weighted by Gasteiger charge is 2.47. The molecule has 1 amide bonds. The highest BCUT2D eigenvalue weighted by Crippen LogP contribution is 2.45. The average Bonchev–Trinajstić information content (AvgIpc) is 3.18. The Bertz CT molecular complexity index is 1450. The number of hydrogen-bond donors (Lipinski definition) is 1. The molecule has 0 aromatic heterocycles. The van der Waals surface area contributed by atoms with Crippen LogP contribution in [0.5, 0.6) is 11.5 Å². The first-order valence-electron chi connectivity index (χ1n) is 11.8. The fraction of sp³-hybridized carbons (Fsp3) is 0.207. The number of aryl methyl sites for hydroxylation is 1. The summed E-state index contributed by atoms with van der Waals surface area (Å²) in [6, 6.07) is 15.4. The second kappa shape index (κ2) is 11.0. The minimum atomic E-state index is -0.962. The lowest BCUT2D eigenvalue weighted by molar-refractivity contribution is -0.132. The van der Waals surface area contributed by atoms with Gasteiger partial charge in [-0.25, -0.2) is 4.79 Å². The number of halogens is 1. The summed E-state index contributed by atoms with van der Waals surface area (Å²) < 4.78 is 15.7. The zero-order chi connectivity index (χ0) is 27.6. The van der Waals surface area contributed by atoms with Crippen molar-refractivity contribution >= 4 is 40.7 Å². The molecule has 3 aromatic rings. The summed E-state index contributed by atoms with van der Waals surface area (Å²) in [5, 5.41) is 11.8. The van der Waals surface area contributed by atoms with Crippen LogP contribution in [0.1, 0.15) is 40.0 Å². The summed E-state index contributed by atoms with van der Waals surface area (Å²) in [4.78, 5) is 40.4. The van der Waals surface area contributed by atoms with Crippen LogP contribution in [0.2, 0.25) is 5.02 Å². The van der Waals surface area contributed by atoms with Gasteiger partial charge in [0.15, 0.2) is 0 Å². The number of hydrogen-bond acceptors (Lipinski definition) is 7. The third-order valence-electron chi connectivity index (χ3n) is 6.31. The van der Waals surface area contributed by atoms with Gasteiger partial charge < -0.3 is 19.3 Å². The molecule has 1 heterocycles. The van der Waals surface area contributed by atoms with Gasteiger partial charge >= 0.3 is 5.97 Å². The first-order valence-corrected chi connectivity index (χ1v) is 12.2. The zero-order valence-electron chi connectivity index (χ0n) is 21.3. The Kier molecular flexibility index (Phi) is 7.73. The molecule has 8 nitrogen and oxygen atoms in total. The van der Waals surface area contributed by atoms with Crippen LogP contribution in [0.15, 0.2) is 66.2 Å². The molecule has 9 heteroatoms. The third kappa shape index (κ3) is 4.70.